The first kappa shape index (κ1) is 31.7. The first-order chi connectivity index (χ1) is 20.0. The molecule has 43 heavy (non-hydrogen) atoms. The summed E-state index contributed by atoms with van der Waals surface area (Å²) >= 11 is 0. The van der Waals surface area contributed by atoms with Gasteiger partial charge in [-0.15, -0.1) is 0 Å². The van der Waals surface area contributed by atoms with E-state index in [1.165, 1.54) is 0 Å². The summed E-state index contributed by atoms with van der Waals surface area (Å²) in [5, 5.41) is 22.8. The quantitative estimate of drug-likeness (QED) is 0.366. The summed E-state index contributed by atoms with van der Waals surface area (Å²) in [7, 11) is 0. The van der Waals surface area contributed by atoms with Crippen LogP contribution in [0.2, 0.25) is 0 Å². The number of carboxylic acids is 2. The molecule has 0 atom stereocenters. The molecule has 5 rings (SSSR count). The number of hydrogen-bond acceptors (Lipinski definition) is 6. The van der Waals surface area contributed by atoms with E-state index in [2.05, 4.69) is 23.1 Å². The number of allylic oxidation sites excluding steroid dienone is 4. The fourth-order valence-corrected chi connectivity index (χ4v) is 5.76. The van der Waals surface area contributed by atoms with Gasteiger partial charge in [0.2, 0.25) is 0 Å². The predicted octanol–water partition coefficient (Wildman–Crippen LogP) is 4.76. The molecule has 0 fully saturated rings. The zero-order valence-electron chi connectivity index (χ0n) is 24.9. The van der Waals surface area contributed by atoms with Crippen LogP contribution in [-0.4, -0.2) is 54.9 Å². The molecular formula is C34H32MgN4O4. The second kappa shape index (κ2) is 12.6. The van der Waals surface area contributed by atoms with Gasteiger partial charge in [-0.1, -0.05) is 25.3 Å². The van der Waals surface area contributed by atoms with Crippen molar-refractivity contribution in [1.82, 2.24) is 19.9 Å². The monoisotopic (exact) mass is 584 g/mol. The molecule has 214 valence electrons. The summed E-state index contributed by atoms with van der Waals surface area (Å²) in [5.41, 5.74) is 13.3. The topological polar surface area (TPSA) is 138 Å². The van der Waals surface area contributed by atoms with Gasteiger partial charge in [0.1, 0.15) is 0 Å². The van der Waals surface area contributed by atoms with Crippen molar-refractivity contribution in [3.8, 4) is 0 Å². The zero-order valence-corrected chi connectivity index (χ0v) is 26.4. The standard InChI is InChI=1S/C34H34N4O4.Mg/c1-7-21-17(3)25-13-26-19(5)23(9-11-33(39)40)31(37-26)16-32-24(10-12-34(41)42)20(6)28(38-32)15-30-22(8-2)18(4)27(36-30)14-29(21)35-25;/h7-8,13-16,35-36H,1-2,9-12H2,3-6H3,(H,39,40)(H,41,42);/q;+2/p-2. The SMILES string of the molecule is C=Cc1c(C)c2cc3[nH]c(cc4nc(cc5nc(cc1[nH]2)C(C)=C5CCC(=O)[O-])C(CCC(=O)[O-])=C4C)c(C)c3C=C.[Mg+2]. The number of fused-ring (bicyclic) bond motifs is 8. The van der Waals surface area contributed by atoms with E-state index >= 15 is 0 Å². The van der Waals surface area contributed by atoms with Crippen LogP contribution in [-0.2, 0) is 9.59 Å². The van der Waals surface area contributed by atoms with Gasteiger partial charge in [-0.05, 0) is 111 Å². The second-order valence-electron chi connectivity index (χ2n) is 10.7. The molecule has 0 aliphatic carbocycles. The third-order valence-corrected chi connectivity index (χ3v) is 8.20. The predicted molar refractivity (Wildman–Crippen MR) is 170 cm³/mol. The number of carbonyl (C=O) groups is 2. The van der Waals surface area contributed by atoms with Crippen LogP contribution in [0.4, 0.5) is 0 Å². The van der Waals surface area contributed by atoms with Gasteiger partial charge in [0.25, 0.3) is 0 Å². The van der Waals surface area contributed by atoms with Crippen molar-refractivity contribution >= 4 is 91.5 Å². The summed E-state index contributed by atoms with van der Waals surface area (Å²) in [6.07, 6.45) is 3.79. The molecule has 8 bridgehead atoms. The number of aromatic nitrogens is 4. The van der Waals surface area contributed by atoms with Gasteiger partial charge < -0.3 is 29.8 Å². The first-order valence-electron chi connectivity index (χ1n) is 13.8. The van der Waals surface area contributed by atoms with Gasteiger partial charge in [0, 0.05) is 45.1 Å². The van der Waals surface area contributed by atoms with Gasteiger partial charge in [-0.25, -0.2) is 9.97 Å². The van der Waals surface area contributed by atoms with Crippen LogP contribution < -0.4 is 10.2 Å². The zero-order chi connectivity index (χ0) is 30.3. The van der Waals surface area contributed by atoms with Crippen molar-refractivity contribution in [2.75, 3.05) is 0 Å². The molecule has 0 saturated heterocycles. The number of carbonyl (C=O) groups excluding carboxylic acids is 2. The summed E-state index contributed by atoms with van der Waals surface area (Å²) in [5.74, 6) is -2.29. The van der Waals surface area contributed by atoms with E-state index in [9.17, 15) is 19.8 Å². The molecule has 0 amide bonds. The van der Waals surface area contributed by atoms with Gasteiger partial charge in [0.05, 0.1) is 22.8 Å². The number of aryl methyl sites for hydroxylation is 2. The fraction of sp³-hybridized carbons (Fsp3) is 0.235. The number of aromatic amines is 2. The molecule has 0 radical (unpaired) electrons. The Labute approximate surface area is 266 Å². The average molecular weight is 585 g/mol. The van der Waals surface area contributed by atoms with Crippen molar-refractivity contribution in [1.29, 1.82) is 0 Å². The largest absolute Gasteiger partial charge is 2.00 e. The fourth-order valence-electron chi connectivity index (χ4n) is 5.76. The van der Waals surface area contributed by atoms with Gasteiger partial charge >= 0.3 is 23.1 Å². The van der Waals surface area contributed by atoms with E-state index in [4.69, 9.17) is 9.97 Å². The van der Waals surface area contributed by atoms with Gasteiger partial charge in [0.15, 0.2) is 0 Å². The minimum absolute atomic E-state index is 0. The minimum atomic E-state index is -1.15. The number of aliphatic carboxylic acids is 2. The third kappa shape index (κ3) is 6.00. The minimum Gasteiger partial charge on any atom is -0.550 e. The van der Waals surface area contributed by atoms with Crippen molar-refractivity contribution in [3.63, 3.8) is 0 Å². The molecule has 3 aromatic heterocycles. The maximum absolute atomic E-state index is 11.4. The Morgan fingerprint density at radius 3 is 1.49 bits per heavy atom. The maximum atomic E-state index is 11.4. The van der Waals surface area contributed by atoms with E-state index in [0.717, 1.165) is 66.6 Å². The number of H-pyrrole nitrogens is 2. The molecule has 2 N–H and O–H groups in total. The van der Waals surface area contributed by atoms with Crippen LogP contribution in [0.3, 0.4) is 0 Å². The van der Waals surface area contributed by atoms with E-state index in [1.807, 2.05) is 58.0 Å². The molecule has 0 aromatic carbocycles. The van der Waals surface area contributed by atoms with Crippen molar-refractivity contribution in [3.05, 3.63) is 82.5 Å². The Kier molecular flexibility index (Phi) is 9.27. The van der Waals surface area contributed by atoms with E-state index < -0.39 is 11.9 Å². The normalized spacial score (nSPS) is 12.7. The molecule has 5 heterocycles. The molecule has 2 aliphatic rings. The van der Waals surface area contributed by atoms with Crippen LogP contribution in [0.5, 0.6) is 0 Å². The van der Waals surface area contributed by atoms with Gasteiger partial charge in [-0.2, -0.15) is 0 Å². The summed E-state index contributed by atoms with van der Waals surface area (Å²) in [4.78, 5) is 39.7. The third-order valence-electron chi connectivity index (χ3n) is 8.20. The smallest absolute Gasteiger partial charge is 0.550 e. The average Bonchev–Trinajstić information content (AvgIpc) is 3.59. The Bertz CT molecular complexity index is 1920. The maximum Gasteiger partial charge on any atom is 2.00 e. The molecular weight excluding hydrogens is 553 g/mol. The molecule has 8 nitrogen and oxygen atoms in total. The van der Waals surface area contributed by atoms with Crippen molar-refractivity contribution < 1.29 is 19.8 Å². The number of hydrogen-bond donors (Lipinski definition) is 2. The van der Waals surface area contributed by atoms with Gasteiger partial charge in [-0.3, -0.25) is 0 Å². The number of rotatable bonds is 8. The van der Waals surface area contributed by atoms with Crippen LogP contribution in [0.25, 0.3) is 56.5 Å². The van der Waals surface area contributed by atoms with Crippen molar-refractivity contribution in [2.24, 2.45) is 0 Å². The Balaban J connectivity index is 0.00000423. The van der Waals surface area contributed by atoms with Crippen LogP contribution >= 0.6 is 0 Å². The van der Waals surface area contributed by atoms with Crippen molar-refractivity contribution in [2.45, 2.75) is 53.4 Å². The molecule has 9 heteroatoms. The Morgan fingerprint density at radius 2 is 1.07 bits per heavy atom. The molecule has 2 aliphatic heterocycles. The summed E-state index contributed by atoms with van der Waals surface area (Å²) in [6, 6.07) is 7.78. The van der Waals surface area contributed by atoms with Crippen LogP contribution in [0, 0.1) is 13.8 Å². The number of nitrogens with one attached hydrogen (secondary N) is 2. The number of carboxylic acid groups (broad SMARTS) is 2. The Hall–Kier alpha value is -4.21. The van der Waals surface area contributed by atoms with Crippen LogP contribution in [0.1, 0.15) is 84.6 Å². The summed E-state index contributed by atoms with van der Waals surface area (Å²) < 4.78 is 0. The molecule has 0 unspecified atom stereocenters. The molecule has 0 spiro atoms. The Morgan fingerprint density at radius 1 is 0.674 bits per heavy atom. The van der Waals surface area contributed by atoms with Crippen LogP contribution in [0.15, 0.2) is 37.4 Å². The molecule has 0 saturated carbocycles. The number of nitrogens with zero attached hydrogens (tertiary/aromatic N) is 2. The van der Waals surface area contributed by atoms with E-state index in [1.54, 1.807) is 6.08 Å². The first-order valence-corrected chi connectivity index (χ1v) is 13.8. The summed E-state index contributed by atoms with van der Waals surface area (Å²) in [6.45, 7) is 16.0. The van der Waals surface area contributed by atoms with E-state index in [0.29, 0.717) is 22.8 Å². The molecule has 3 aromatic rings. The van der Waals surface area contributed by atoms with E-state index in [-0.39, 0.29) is 48.7 Å². The second-order valence-corrected chi connectivity index (χ2v) is 10.7.